The number of nitro benzene ring substituents is 1. The van der Waals surface area contributed by atoms with E-state index in [9.17, 15) is 14.9 Å². The molecule has 6 heteroatoms. The molecule has 0 aliphatic heterocycles. The predicted octanol–water partition coefficient (Wildman–Crippen LogP) is 4.32. The first-order valence-corrected chi connectivity index (χ1v) is 8.27. The van der Waals surface area contributed by atoms with Crippen LogP contribution >= 0.6 is 0 Å². The zero-order chi connectivity index (χ0) is 18.1. The molecule has 1 aliphatic rings. The molecule has 24 heavy (non-hydrogen) atoms. The van der Waals surface area contributed by atoms with E-state index in [-0.39, 0.29) is 22.7 Å². The van der Waals surface area contributed by atoms with Crippen LogP contribution in [0.4, 0.5) is 11.4 Å². The minimum Gasteiger partial charge on any atom is -0.465 e. The van der Waals surface area contributed by atoms with Crippen molar-refractivity contribution in [3.8, 4) is 0 Å². The Morgan fingerprint density at radius 3 is 2.58 bits per heavy atom. The van der Waals surface area contributed by atoms with E-state index < -0.39 is 10.9 Å². The van der Waals surface area contributed by atoms with Gasteiger partial charge in [0.15, 0.2) is 0 Å². The first-order chi connectivity index (χ1) is 11.1. The van der Waals surface area contributed by atoms with Crippen molar-refractivity contribution in [3.05, 3.63) is 33.4 Å². The van der Waals surface area contributed by atoms with E-state index >= 15 is 0 Å². The number of esters is 1. The van der Waals surface area contributed by atoms with Crippen LogP contribution in [0.1, 0.15) is 56.0 Å². The fraction of sp³-hybridized carbons (Fsp3) is 0.611. The second-order valence-electron chi connectivity index (χ2n) is 7.64. The van der Waals surface area contributed by atoms with Gasteiger partial charge in [0, 0.05) is 11.6 Å². The lowest BCUT2D eigenvalue weighted by Gasteiger charge is -2.39. The van der Waals surface area contributed by atoms with Gasteiger partial charge in [-0.2, -0.15) is 0 Å². The average molecular weight is 334 g/mol. The van der Waals surface area contributed by atoms with E-state index in [4.69, 9.17) is 4.74 Å². The fourth-order valence-corrected chi connectivity index (χ4v) is 4.06. The Kier molecular flexibility index (Phi) is 5.16. The summed E-state index contributed by atoms with van der Waals surface area (Å²) in [5.41, 5.74) is 1.20. The number of ether oxygens (including phenoxy) is 1. The highest BCUT2D eigenvalue weighted by Gasteiger charge is 2.33. The number of carbonyl (C=O) groups excluding carboxylic acids is 1. The summed E-state index contributed by atoms with van der Waals surface area (Å²) in [7, 11) is 1.27. The van der Waals surface area contributed by atoms with Crippen LogP contribution in [-0.2, 0) is 4.74 Å². The highest BCUT2D eigenvalue weighted by molar-refractivity contribution is 5.93. The molecule has 2 atom stereocenters. The van der Waals surface area contributed by atoms with Crippen LogP contribution in [-0.4, -0.2) is 24.0 Å². The Morgan fingerprint density at radius 2 is 2.04 bits per heavy atom. The van der Waals surface area contributed by atoms with Crippen LogP contribution in [0.25, 0.3) is 0 Å². The number of anilines is 1. The summed E-state index contributed by atoms with van der Waals surface area (Å²) >= 11 is 0. The summed E-state index contributed by atoms with van der Waals surface area (Å²) in [6.07, 6.45) is 3.11. The van der Waals surface area contributed by atoms with Crippen molar-refractivity contribution in [3.63, 3.8) is 0 Å². The molecule has 2 rings (SSSR count). The van der Waals surface area contributed by atoms with Gasteiger partial charge in [0.05, 0.1) is 17.6 Å². The van der Waals surface area contributed by atoms with Gasteiger partial charge in [0.1, 0.15) is 5.69 Å². The minimum atomic E-state index is -0.561. The standard InChI is InChI=1S/C18H26N2O4/c1-11-8-13(10-18(3,4)9-11)19-15-7-6-14(17(21)24-5)12(2)16(15)20(22)23/h6-7,11,13,19H,8-10H2,1-5H3. The molecule has 0 amide bonds. The molecular weight excluding hydrogens is 308 g/mol. The summed E-state index contributed by atoms with van der Waals surface area (Å²) in [6, 6.07) is 3.39. The van der Waals surface area contributed by atoms with Gasteiger partial charge in [0.25, 0.3) is 5.69 Å². The van der Waals surface area contributed by atoms with Crippen LogP contribution in [0.15, 0.2) is 12.1 Å². The van der Waals surface area contributed by atoms with Crippen LogP contribution in [0.2, 0.25) is 0 Å². The van der Waals surface area contributed by atoms with Crippen molar-refractivity contribution >= 4 is 17.3 Å². The largest absolute Gasteiger partial charge is 0.465 e. The molecule has 6 nitrogen and oxygen atoms in total. The van der Waals surface area contributed by atoms with E-state index in [1.807, 2.05) is 0 Å². The zero-order valence-electron chi connectivity index (χ0n) is 15.0. The lowest BCUT2D eigenvalue weighted by molar-refractivity contribution is -0.384. The number of hydrogen-bond donors (Lipinski definition) is 1. The van der Waals surface area contributed by atoms with E-state index in [0.29, 0.717) is 17.2 Å². The van der Waals surface area contributed by atoms with Gasteiger partial charge in [0.2, 0.25) is 0 Å². The van der Waals surface area contributed by atoms with E-state index in [0.717, 1.165) is 19.3 Å². The number of benzene rings is 1. The number of carbonyl (C=O) groups is 1. The molecule has 0 heterocycles. The SMILES string of the molecule is COC(=O)c1ccc(NC2CC(C)CC(C)(C)C2)c([N+](=O)[O-])c1C. The number of nitrogens with one attached hydrogen (secondary N) is 1. The molecule has 132 valence electrons. The number of hydrogen-bond acceptors (Lipinski definition) is 5. The van der Waals surface area contributed by atoms with Crippen molar-refractivity contribution < 1.29 is 14.5 Å². The second kappa shape index (κ2) is 6.79. The van der Waals surface area contributed by atoms with Crippen LogP contribution in [0.5, 0.6) is 0 Å². The molecule has 1 aliphatic carbocycles. The molecule has 0 bridgehead atoms. The minimum absolute atomic E-state index is 0.0473. The third kappa shape index (κ3) is 3.86. The van der Waals surface area contributed by atoms with Crippen LogP contribution in [0.3, 0.4) is 0 Å². The van der Waals surface area contributed by atoms with E-state index in [1.54, 1.807) is 19.1 Å². The van der Waals surface area contributed by atoms with Crippen LogP contribution < -0.4 is 5.32 Å². The Labute approximate surface area is 142 Å². The molecule has 1 fully saturated rings. The Hall–Kier alpha value is -2.11. The molecule has 0 spiro atoms. The Balaban J connectivity index is 2.35. The molecule has 0 saturated heterocycles. The number of nitro groups is 1. The van der Waals surface area contributed by atoms with Crippen molar-refractivity contribution in [1.29, 1.82) is 0 Å². The van der Waals surface area contributed by atoms with Crippen molar-refractivity contribution in [2.75, 3.05) is 12.4 Å². The van der Waals surface area contributed by atoms with Crippen molar-refractivity contribution in [1.82, 2.24) is 0 Å². The quantitative estimate of drug-likeness (QED) is 0.504. The molecule has 1 aromatic carbocycles. The first kappa shape index (κ1) is 18.2. The van der Waals surface area contributed by atoms with Gasteiger partial charge >= 0.3 is 5.97 Å². The van der Waals surface area contributed by atoms with E-state index in [1.165, 1.54) is 7.11 Å². The number of rotatable bonds is 4. The molecule has 0 aromatic heterocycles. The smallest absolute Gasteiger partial charge is 0.338 e. The molecule has 2 unspecified atom stereocenters. The average Bonchev–Trinajstić information content (AvgIpc) is 2.44. The van der Waals surface area contributed by atoms with Crippen molar-refractivity contribution in [2.45, 2.75) is 53.0 Å². The third-order valence-electron chi connectivity index (χ3n) is 4.77. The normalized spacial score (nSPS) is 22.7. The molecular formula is C18H26N2O4. The Bertz CT molecular complexity index is 655. The summed E-state index contributed by atoms with van der Waals surface area (Å²) < 4.78 is 4.70. The van der Waals surface area contributed by atoms with Gasteiger partial charge < -0.3 is 10.1 Å². The number of nitrogens with zero attached hydrogens (tertiary/aromatic N) is 1. The maximum Gasteiger partial charge on any atom is 0.338 e. The van der Waals surface area contributed by atoms with Crippen LogP contribution in [0, 0.1) is 28.4 Å². The molecule has 0 radical (unpaired) electrons. The maximum absolute atomic E-state index is 11.8. The molecule has 1 saturated carbocycles. The van der Waals surface area contributed by atoms with Gasteiger partial charge in [-0.05, 0) is 49.7 Å². The first-order valence-electron chi connectivity index (χ1n) is 8.27. The van der Waals surface area contributed by atoms with Gasteiger partial charge in [-0.1, -0.05) is 20.8 Å². The lowest BCUT2D eigenvalue weighted by Crippen LogP contribution is -2.35. The Morgan fingerprint density at radius 1 is 1.38 bits per heavy atom. The lowest BCUT2D eigenvalue weighted by atomic mass is 9.70. The summed E-state index contributed by atoms with van der Waals surface area (Å²) in [5, 5.41) is 14.9. The third-order valence-corrected chi connectivity index (χ3v) is 4.77. The summed E-state index contributed by atoms with van der Waals surface area (Å²) in [4.78, 5) is 22.9. The highest BCUT2D eigenvalue weighted by Crippen LogP contribution is 2.41. The second-order valence-corrected chi connectivity index (χ2v) is 7.64. The zero-order valence-corrected chi connectivity index (χ0v) is 15.0. The summed E-state index contributed by atoms with van der Waals surface area (Å²) in [6.45, 7) is 8.27. The topological polar surface area (TPSA) is 81.5 Å². The van der Waals surface area contributed by atoms with Gasteiger partial charge in [-0.15, -0.1) is 0 Å². The highest BCUT2D eigenvalue weighted by atomic mass is 16.6. The number of methoxy groups -OCH3 is 1. The monoisotopic (exact) mass is 334 g/mol. The van der Waals surface area contributed by atoms with E-state index in [2.05, 4.69) is 26.1 Å². The predicted molar refractivity (Wildman–Crippen MR) is 93.4 cm³/mol. The maximum atomic E-state index is 11.8. The fourth-order valence-electron chi connectivity index (χ4n) is 4.06. The summed E-state index contributed by atoms with van der Waals surface area (Å²) in [5.74, 6) is 0.00955. The molecule has 1 aromatic rings. The van der Waals surface area contributed by atoms with Crippen molar-refractivity contribution in [2.24, 2.45) is 11.3 Å². The van der Waals surface area contributed by atoms with Gasteiger partial charge in [-0.25, -0.2) is 4.79 Å². The molecule has 1 N–H and O–H groups in total. The van der Waals surface area contributed by atoms with Gasteiger partial charge in [-0.3, -0.25) is 10.1 Å².